The first-order valence-electron chi connectivity index (χ1n) is 5.42. The summed E-state index contributed by atoms with van der Waals surface area (Å²) in [4.78, 5) is 10.9. The van der Waals surface area contributed by atoms with Crippen molar-refractivity contribution in [3.63, 3.8) is 0 Å². The summed E-state index contributed by atoms with van der Waals surface area (Å²) >= 11 is 1.28. The third-order valence-electron chi connectivity index (χ3n) is 2.41. The lowest BCUT2D eigenvalue weighted by molar-refractivity contribution is -0.138. The Bertz CT molecular complexity index is 420. The molecular weight excluding hydrogens is 279 g/mol. The van der Waals surface area contributed by atoms with Gasteiger partial charge in [0, 0.05) is 11.8 Å². The van der Waals surface area contributed by atoms with Gasteiger partial charge in [-0.1, -0.05) is 12.1 Å². The standard InChI is InChI=1S/C12H14F3NO2S/c1-18-11(17)7-19-6-10(16)8-2-4-9(5-3-8)12(13,14)15/h2-5,10H,6-7,16H2,1H3. The number of hydrogen-bond acceptors (Lipinski definition) is 4. The number of esters is 1. The third-order valence-corrected chi connectivity index (χ3v) is 3.45. The van der Waals surface area contributed by atoms with Crippen molar-refractivity contribution in [3.8, 4) is 0 Å². The van der Waals surface area contributed by atoms with E-state index in [0.29, 0.717) is 11.3 Å². The smallest absolute Gasteiger partial charge is 0.416 e. The van der Waals surface area contributed by atoms with Gasteiger partial charge in [-0.2, -0.15) is 13.2 Å². The second-order valence-electron chi connectivity index (χ2n) is 3.82. The molecule has 0 heterocycles. The summed E-state index contributed by atoms with van der Waals surface area (Å²) in [7, 11) is 1.29. The number of carbonyl (C=O) groups excluding carboxylic acids is 1. The Morgan fingerprint density at radius 2 is 1.95 bits per heavy atom. The number of rotatable bonds is 5. The van der Waals surface area contributed by atoms with E-state index in [-0.39, 0.29) is 11.7 Å². The number of nitrogens with two attached hydrogens (primary N) is 1. The zero-order valence-corrected chi connectivity index (χ0v) is 11.1. The third kappa shape index (κ3) is 5.12. The number of halogens is 3. The molecule has 1 atom stereocenters. The predicted molar refractivity (Wildman–Crippen MR) is 67.7 cm³/mol. The highest BCUT2D eigenvalue weighted by atomic mass is 32.2. The van der Waals surface area contributed by atoms with Crippen molar-refractivity contribution in [3.05, 3.63) is 35.4 Å². The van der Waals surface area contributed by atoms with E-state index in [9.17, 15) is 18.0 Å². The Labute approximate surface area is 113 Å². The molecule has 0 saturated heterocycles. The molecule has 0 aliphatic rings. The van der Waals surface area contributed by atoms with Crippen LogP contribution in [0.2, 0.25) is 0 Å². The average Bonchev–Trinajstić information content (AvgIpc) is 2.37. The lowest BCUT2D eigenvalue weighted by Gasteiger charge is -2.13. The minimum Gasteiger partial charge on any atom is -0.468 e. The molecule has 2 N–H and O–H groups in total. The molecule has 19 heavy (non-hydrogen) atoms. The normalized spacial score (nSPS) is 13.1. The van der Waals surface area contributed by atoms with Gasteiger partial charge in [-0.15, -0.1) is 11.8 Å². The van der Waals surface area contributed by atoms with Crippen LogP contribution in [0.15, 0.2) is 24.3 Å². The Morgan fingerprint density at radius 1 is 1.37 bits per heavy atom. The van der Waals surface area contributed by atoms with E-state index in [1.54, 1.807) is 0 Å². The topological polar surface area (TPSA) is 52.3 Å². The first-order chi connectivity index (χ1) is 8.84. The molecule has 1 rings (SSSR count). The number of benzene rings is 1. The zero-order valence-electron chi connectivity index (χ0n) is 10.2. The summed E-state index contributed by atoms with van der Waals surface area (Å²) in [5.74, 6) is 0.246. The second-order valence-corrected chi connectivity index (χ2v) is 4.85. The van der Waals surface area contributed by atoms with Crippen LogP contribution in [0.1, 0.15) is 17.2 Å². The minimum absolute atomic E-state index is 0.171. The highest BCUT2D eigenvalue weighted by Crippen LogP contribution is 2.30. The number of carbonyl (C=O) groups is 1. The molecular formula is C12H14F3NO2S. The molecule has 0 aliphatic heterocycles. The Morgan fingerprint density at radius 3 is 2.42 bits per heavy atom. The molecule has 0 fully saturated rings. The molecule has 1 unspecified atom stereocenters. The summed E-state index contributed by atoms with van der Waals surface area (Å²) in [6, 6.07) is 4.29. The highest BCUT2D eigenvalue weighted by molar-refractivity contribution is 7.99. The molecule has 0 radical (unpaired) electrons. The van der Waals surface area contributed by atoms with Gasteiger partial charge in [0.1, 0.15) is 0 Å². The Hall–Kier alpha value is -1.21. The van der Waals surface area contributed by atoms with Crippen molar-refractivity contribution >= 4 is 17.7 Å². The van der Waals surface area contributed by atoms with Crippen molar-refractivity contribution in [2.45, 2.75) is 12.2 Å². The second kappa shape index (κ2) is 6.81. The van der Waals surface area contributed by atoms with Gasteiger partial charge in [-0.3, -0.25) is 4.79 Å². The summed E-state index contributed by atoms with van der Waals surface area (Å²) < 4.78 is 41.6. The molecule has 0 bridgehead atoms. The monoisotopic (exact) mass is 293 g/mol. The van der Waals surface area contributed by atoms with E-state index in [1.165, 1.54) is 31.0 Å². The van der Waals surface area contributed by atoms with Crippen molar-refractivity contribution in [2.24, 2.45) is 5.73 Å². The van der Waals surface area contributed by atoms with Crippen molar-refractivity contribution in [1.29, 1.82) is 0 Å². The maximum atomic E-state index is 12.4. The maximum absolute atomic E-state index is 12.4. The van der Waals surface area contributed by atoms with Gasteiger partial charge >= 0.3 is 12.1 Å². The summed E-state index contributed by atoms with van der Waals surface area (Å²) in [6.45, 7) is 0. The Balaban J connectivity index is 2.53. The SMILES string of the molecule is COC(=O)CSCC(N)c1ccc(C(F)(F)F)cc1. The van der Waals surface area contributed by atoms with E-state index < -0.39 is 17.8 Å². The van der Waals surface area contributed by atoms with E-state index in [0.717, 1.165) is 12.1 Å². The van der Waals surface area contributed by atoms with Crippen LogP contribution in [0.5, 0.6) is 0 Å². The molecule has 106 valence electrons. The fourth-order valence-corrected chi connectivity index (χ4v) is 2.19. The fraction of sp³-hybridized carbons (Fsp3) is 0.417. The number of thioether (sulfide) groups is 1. The molecule has 0 aromatic heterocycles. The quantitative estimate of drug-likeness (QED) is 0.848. The number of ether oxygens (including phenoxy) is 1. The molecule has 0 amide bonds. The lowest BCUT2D eigenvalue weighted by atomic mass is 10.1. The van der Waals surface area contributed by atoms with E-state index in [4.69, 9.17) is 5.73 Å². The summed E-state index contributed by atoms with van der Waals surface area (Å²) in [6.07, 6.45) is -4.34. The van der Waals surface area contributed by atoms with Crippen LogP contribution in [0.25, 0.3) is 0 Å². The van der Waals surface area contributed by atoms with Gasteiger partial charge in [0.25, 0.3) is 0 Å². The highest BCUT2D eigenvalue weighted by Gasteiger charge is 2.30. The first-order valence-corrected chi connectivity index (χ1v) is 6.57. The van der Waals surface area contributed by atoms with Crippen LogP contribution in [0.4, 0.5) is 13.2 Å². The van der Waals surface area contributed by atoms with Gasteiger partial charge in [0.15, 0.2) is 0 Å². The average molecular weight is 293 g/mol. The fourth-order valence-electron chi connectivity index (χ4n) is 1.34. The molecule has 0 spiro atoms. The van der Waals surface area contributed by atoms with Gasteiger partial charge in [0.05, 0.1) is 18.4 Å². The van der Waals surface area contributed by atoms with Crippen LogP contribution < -0.4 is 5.73 Å². The number of methoxy groups -OCH3 is 1. The van der Waals surface area contributed by atoms with Crippen LogP contribution >= 0.6 is 11.8 Å². The molecule has 3 nitrogen and oxygen atoms in total. The first kappa shape index (κ1) is 15.8. The molecule has 1 aromatic rings. The maximum Gasteiger partial charge on any atom is 0.416 e. The predicted octanol–water partition coefficient (Wildman–Crippen LogP) is 2.61. The van der Waals surface area contributed by atoms with Crippen LogP contribution in [-0.2, 0) is 15.7 Å². The van der Waals surface area contributed by atoms with Crippen molar-refractivity contribution < 1.29 is 22.7 Å². The van der Waals surface area contributed by atoms with Crippen molar-refractivity contribution in [2.75, 3.05) is 18.6 Å². The van der Waals surface area contributed by atoms with Crippen LogP contribution in [0.3, 0.4) is 0 Å². The van der Waals surface area contributed by atoms with E-state index in [1.807, 2.05) is 0 Å². The van der Waals surface area contributed by atoms with Crippen LogP contribution in [-0.4, -0.2) is 24.6 Å². The molecule has 0 aliphatic carbocycles. The summed E-state index contributed by atoms with van der Waals surface area (Å²) in [5, 5.41) is 0. The van der Waals surface area contributed by atoms with Gasteiger partial charge < -0.3 is 10.5 Å². The van der Waals surface area contributed by atoms with Gasteiger partial charge in [0.2, 0.25) is 0 Å². The lowest BCUT2D eigenvalue weighted by Crippen LogP contribution is -2.15. The van der Waals surface area contributed by atoms with E-state index in [2.05, 4.69) is 4.74 Å². The molecule has 0 saturated carbocycles. The van der Waals surface area contributed by atoms with E-state index >= 15 is 0 Å². The zero-order chi connectivity index (χ0) is 14.5. The van der Waals surface area contributed by atoms with Crippen molar-refractivity contribution in [1.82, 2.24) is 0 Å². The van der Waals surface area contributed by atoms with Crippen LogP contribution in [0, 0.1) is 0 Å². The minimum atomic E-state index is -4.34. The summed E-state index contributed by atoms with van der Waals surface area (Å²) in [5.41, 5.74) is 5.73. The largest absolute Gasteiger partial charge is 0.468 e. The molecule has 1 aromatic carbocycles. The Kier molecular flexibility index (Phi) is 5.68. The van der Waals surface area contributed by atoms with Gasteiger partial charge in [-0.25, -0.2) is 0 Å². The molecule has 7 heteroatoms. The number of hydrogen-bond donors (Lipinski definition) is 1. The number of alkyl halides is 3. The van der Waals surface area contributed by atoms with Gasteiger partial charge in [-0.05, 0) is 17.7 Å².